The van der Waals surface area contributed by atoms with Crippen molar-refractivity contribution in [3.05, 3.63) is 60.8 Å². The Morgan fingerprint density at radius 2 is 0.788 bits per heavy atom. The Morgan fingerprint density at radius 1 is 0.404 bits per heavy atom. The van der Waals surface area contributed by atoms with Crippen molar-refractivity contribution in [1.29, 1.82) is 0 Å². The molecule has 0 aliphatic heterocycles. The standard InChI is InChI=1S/C46H78O6/c1-4-7-10-13-16-19-21-23-25-27-30-33-36-39-45(48)51-42-43(41-50-44(47)38-35-32-29-26-18-15-12-9-6-3)52-46(49)40-37-34-31-28-24-22-20-17-14-11-8-5-2/h7,10,13,16-17,19-21,26,29,43H,4-6,8-9,11-12,14-15,18,22-25,27-28,30-42H2,1-3H3/b10-7-,16-13-,20-17-,21-19-,29-26-. The summed E-state index contributed by atoms with van der Waals surface area (Å²) in [6.07, 6.45) is 47.8. The third kappa shape index (κ3) is 38.3. The molecule has 0 heterocycles. The van der Waals surface area contributed by atoms with Crippen molar-refractivity contribution in [2.24, 2.45) is 0 Å². The molecule has 0 spiro atoms. The van der Waals surface area contributed by atoms with E-state index in [1.54, 1.807) is 0 Å². The van der Waals surface area contributed by atoms with Gasteiger partial charge in [-0.3, -0.25) is 14.4 Å². The minimum atomic E-state index is -0.793. The molecule has 0 aromatic rings. The van der Waals surface area contributed by atoms with Crippen molar-refractivity contribution in [3.63, 3.8) is 0 Å². The maximum atomic E-state index is 12.7. The second kappa shape index (κ2) is 40.9. The Kier molecular flexibility index (Phi) is 38.6. The molecule has 0 aliphatic rings. The molecule has 1 unspecified atom stereocenters. The first-order valence-corrected chi connectivity index (χ1v) is 21.3. The summed E-state index contributed by atoms with van der Waals surface area (Å²) < 4.78 is 16.6. The van der Waals surface area contributed by atoms with Gasteiger partial charge >= 0.3 is 17.9 Å². The van der Waals surface area contributed by atoms with Gasteiger partial charge in [-0.05, 0) is 83.5 Å². The van der Waals surface area contributed by atoms with E-state index < -0.39 is 6.10 Å². The molecule has 1 atom stereocenters. The number of carbonyl (C=O) groups excluding carboxylic acids is 3. The molecule has 52 heavy (non-hydrogen) atoms. The number of unbranched alkanes of at least 4 members (excludes halogenated alkanes) is 18. The molecule has 0 aromatic heterocycles. The van der Waals surface area contributed by atoms with E-state index >= 15 is 0 Å². The van der Waals surface area contributed by atoms with E-state index in [0.29, 0.717) is 25.7 Å². The lowest BCUT2D eigenvalue weighted by Gasteiger charge is -2.18. The van der Waals surface area contributed by atoms with Gasteiger partial charge < -0.3 is 14.2 Å². The summed E-state index contributed by atoms with van der Waals surface area (Å²) in [6.45, 7) is 6.37. The number of hydrogen-bond acceptors (Lipinski definition) is 6. The fraction of sp³-hybridized carbons (Fsp3) is 0.717. The van der Waals surface area contributed by atoms with Crippen LogP contribution in [0.15, 0.2) is 60.8 Å². The van der Waals surface area contributed by atoms with Crippen molar-refractivity contribution in [2.45, 2.75) is 200 Å². The van der Waals surface area contributed by atoms with E-state index in [0.717, 1.165) is 89.9 Å². The smallest absolute Gasteiger partial charge is 0.306 e. The Labute approximate surface area is 320 Å². The first-order valence-electron chi connectivity index (χ1n) is 21.3. The van der Waals surface area contributed by atoms with E-state index in [-0.39, 0.29) is 31.1 Å². The monoisotopic (exact) mass is 727 g/mol. The van der Waals surface area contributed by atoms with Crippen LogP contribution in [0.3, 0.4) is 0 Å². The topological polar surface area (TPSA) is 78.9 Å². The lowest BCUT2D eigenvalue weighted by molar-refractivity contribution is -0.167. The lowest BCUT2D eigenvalue weighted by atomic mass is 10.1. The normalized spacial score (nSPS) is 12.6. The zero-order chi connectivity index (χ0) is 38.0. The highest BCUT2D eigenvalue weighted by molar-refractivity contribution is 5.71. The number of hydrogen-bond donors (Lipinski definition) is 0. The summed E-state index contributed by atoms with van der Waals surface area (Å²) >= 11 is 0. The lowest BCUT2D eigenvalue weighted by Crippen LogP contribution is -2.30. The summed E-state index contributed by atoms with van der Waals surface area (Å²) in [5, 5.41) is 0. The highest BCUT2D eigenvalue weighted by Gasteiger charge is 2.19. The van der Waals surface area contributed by atoms with Crippen LogP contribution in [0.2, 0.25) is 0 Å². The van der Waals surface area contributed by atoms with Gasteiger partial charge in [0.2, 0.25) is 0 Å². The zero-order valence-corrected chi connectivity index (χ0v) is 33.8. The number of rotatable bonds is 37. The number of ether oxygens (including phenoxy) is 3. The van der Waals surface area contributed by atoms with Crippen LogP contribution in [-0.4, -0.2) is 37.2 Å². The molecular weight excluding hydrogens is 648 g/mol. The largest absolute Gasteiger partial charge is 0.462 e. The minimum Gasteiger partial charge on any atom is -0.462 e. The first-order chi connectivity index (χ1) is 25.5. The highest BCUT2D eigenvalue weighted by Crippen LogP contribution is 2.12. The fourth-order valence-electron chi connectivity index (χ4n) is 5.56. The van der Waals surface area contributed by atoms with Crippen LogP contribution < -0.4 is 0 Å². The molecule has 298 valence electrons. The summed E-state index contributed by atoms with van der Waals surface area (Å²) in [5.74, 6) is -0.970. The average Bonchev–Trinajstić information content (AvgIpc) is 3.14. The summed E-state index contributed by atoms with van der Waals surface area (Å²) in [6, 6.07) is 0. The molecular formula is C46H78O6. The van der Waals surface area contributed by atoms with Crippen LogP contribution in [0, 0.1) is 0 Å². The van der Waals surface area contributed by atoms with E-state index in [1.807, 2.05) is 6.08 Å². The maximum Gasteiger partial charge on any atom is 0.306 e. The molecule has 6 heteroatoms. The Bertz CT molecular complexity index is 975. The zero-order valence-electron chi connectivity index (χ0n) is 33.8. The molecule has 0 fully saturated rings. The molecule has 0 aromatic carbocycles. The van der Waals surface area contributed by atoms with Crippen LogP contribution in [0.5, 0.6) is 0 Å². The summed E-state index contributed by atoms with van der Waals surface area (Å²) in [5.41, 5.74) is 0. The SMILES string of the molecule is CC\C=C/C=C\C=C/CCCCCCCC(=O)OCC(COC(=O)CCC/C=C\CCCCCC)OC(=O)CCCCCCC/C=C\CCCCC. The van der Waals surface area contributed by atoms with Crippen molar-refractivity contribution < 1.29 is 28.6 Å². The molecule has 0 saturated heterocycles. The number of allylic oxidation sites excluding steroid dienone is 10. The van der Waals surface area contributed by atoms with E-state index in [2.05, 4.69) is 75.5 Å². The molecule has 0 bridgehead atoms. The Balaban J connectivity index is 4.45. The number of carbonyl (C=O) groups is 3. The molecule has 0 aliphatic carbocycles. The van der Waals surface area contributed by atoms with Gasteiger partial charge in [0.1, 0.15) is 13.2 Å². The second-order valence-electron chi connectivity index (χ2n) is 13.9. The molecule has 6 nitrogen and oxygen atoms in total. The van der Waals surface area contributed by atoms with E-state index in [4.69, 9.17) is 14.2 Å². The molecule has 0 N–H and O–H groups in total. The van der Waals surface area contributed by atoms with Crippen LogP contribution in [0.1, 0.15) is 194 Å². The number of esters is 3. The molecule has 0 amide bonds. The maximum absolute atomic E-state index is 12.7. The molecule has 0 radical (unpaired) electrons. The predicted molar refractivity (Wildman–Crippen MR) is 219 cm³/mol. The molecule has 0 saturated carbocycles. The first kappa shape index (κ1) is 49.1. The Morgan fingerprint density at radius 3 is 1.33 bits per heavy atom. The second-order valence-corrected chi connectivity index (χ2v) is 13.9. The quantitative estimate of drug-likeness (QED) is 0.0208. The summed E-state index contributed by atoms with van der Waals surface area (Å²) in [4.78, 5) is 37.5. The predicted octanol–water partition coefficient (Wildman–Crippen LogP) is 13.4. The van der Waals surface area contributed by atoms with Gasteiger partial charge in [0, 0.05) is 19.3 Å². The minimum absolute atomic E-state index is 0.0976. The van der Waals surface area contributed by atoms with Crippen molar-refractivity contribution >= 4 is 17.9 Å². The van der Waals surface area contributed by atoms with E-state index in [1.165, 1.54) is 57.8 Å². The van der Waals surface area contributed by atoms with Crippen LogP contribution >= 0.6 is 0 Å². The van der Waals surface area contributed by atoms with Crippen LogP contribution in [-0.2, 0) is 28.6 Å². The van der Waals surface area contributed by atoms with Crippen LogP contribution in [0.25, 0.3) is 0 Å². The van der Waals surface area contributed by atoms with Gasteiger partial charge in [0.15, 0.2) is 6.10 Å². The van der Waals surface area contributed by atoms with Gasteiger partial charge in [-0.1, -0.05) is 152 Å². The van der Waals surface area contributed by atoms with Gasteiger partial charge in [-0.15, -0.1) is 0 Å². The highest BCUT2D eigenvalue weighted by atomic mass is 16.6. The Hall–Kier alpha value is -2.89. The fourth-order valence-corrected chi connectivity index (χ4v) is 5.56. The van der Waals surface area contributed by atoms with Gasteiger partial charge in [-0.2, -0.15) is 0 Å². The van der Waals surface area contributed by atoms with Crippen molar-refractivity contribution in [3.8, 4) is 0 Å². The van der Waals surface area contributed by atoms with Gasteiger partial charge in [0.25, 0.3) is 0 Å². The average molecular weight is 727 g/mol. The van der Waals surface area contributed by atoms with Crippen molar-refractivity contribution in [2.75, 3.05) is 13.2 Å². The third-order valence-electron chi connectivity index (χ3n) is 8.79. The van der Waals surface area contributed by atoms with Crippen LogP contribution in [0.4, 0.5) is 0 Å². The third-order valence-corrected chi connectivity index (χ3v) is 8.79. The van der Waals surface area contributed by atoms with E-state index in [9.17, 15) is 14.4 Å². The molecule has 0 rings (SSSR count). The summed E-state index contributed by atoms with van der Waals surface area (Å²) in [7, 11) is 0. The van der Waals surface area contributed by atoms with Gasteiger partial charge in [-0.25, -0.2) is 0 Å². The van der Waals surface area contributed by atoms with Crippen molar-refractivity contribution in [1.82, 2.24) is 0 Å². The van der Waals surface area contributed by atoms with Gasteiger partial charge in [0.05, 0.1) is 0 Å².